The second-order valence-electron chi connectivity index (χ2n) is 7.70. The molecular weight excluding hydrogens is 478 g/mol. The van der Waals surface area contributed by atoms with Crippen molar-refractivity contribution in [1.29, 1.82) is 0 Å². The lowest BCUT2D eigenvalue weighted by Crippen LogP contribution is -2.30. The summed E-state index contributed by atoms with van der Waals surface area (Å²) in [6.07, 6.45) is 2.51. The number of carbonyl (C=O) groups excluding carboxylic acids is 1. The lowest BCUT2D eigenvalue weighted by Gasteiger charge is -2.25. The minimum Gasteiger partial charge on any atom is -0.478 e. The molecule has 3 aromatic rings. The molecule has 176 valence electrons. The smallest absolute Gasteiger partial charge is 0.335 e. The Morgan fingerprint density at radius 1 is 1.26 bits per heavy atom. The van der Waals surface area contributed by atoms with E-state index in [2.05, 4.69) is 10.3 Å². The zero-order valence-corrected chi connectivity index (χ0v) is 19.8. The van der Waals surface area contributed by atoms with Gasteiger partial charge >= 0.3 is 11.9 Å². The first-order valence-electron chi connectivity index (χ1n) is 10.6. The van der Waals surface area contributed by atoms with Gasteiger partial charge in [0.05, 0.1) is 29.4 Å². The quantitative estimate of drug-likeness (QED) is 0.339. The molecular formula is C24H22ClN3O5S. The van der Waals surface area contributed by atoms with Gasteiger partial charge in [-0.1, -0.05) is 17.7 Å². The standard InChI is InChI=1S/C24H22ClN3O5S/c1-32-20(29)6-4-12-28-22(21(27-24(28)34)17-5-2-3-11-26-17)19-10-9-18(33-19)15-13-14(23(30)31)7-8-16(15)25/h2-3,5,7-11,13,21-22H,4,6,12H2,1H3,(H,27,34)(H,30,31)/t21-,22+/m1/s1. The number of pyridine rings is 1. The molecule has 0 saturated carbocycles. The first-order chi connectivity index (χ1) is 16.4. The van der Waals surface area contributed by atoms with Gasteiger partial charge in [0.15, 0.2) is 5.11 Å². The number of esters is 1. The Morgan fingerprint density at radius 2 is 2.09 bits per heavy atom. The third-order valence-electron chi connectivity index (χ3n) is 5.60. The van der Waals surface area contributed by atoms with E-state index in [1.807, 2.05) is 29.2 Å². The SMILES string of the molecule is COC(=O)CCCN1C(=S)N[C@H](c2ccccn2)[C@@H]1c1ccc(-c2cc(C(=O)O)ccc2Cl)o1. The van der Waals surface area contributed by atoms with Gasteiger partial charge in [0.1, 0.15) is 17.6 Å². The highest BCUT2D eigenvalue weighted by atomic mass is 35.5. The summed E-state index contributed by atoms with van der Waals surface area (Å²) in [4.78, 5) is 29.5. The number of methoxy groups -OCH3 is 1. The Balaban J connectivity index is 1.69. The minimum atomic E-state index is -1.05. The Hall–Kier alpha value is -3.43. The van der Waals surface area contributed by atoms with Crippen molar-refractivity contribution in [3.05, 3.63) is 76.8 Å². The van der Waals surface area contributed by atoms with E-state index in [4.69, 9.17) is 33.0 Å². The van der Waals surface area contributed by atoms with Gasteiger partial charge in [0.25, 0.3) is 0 Å². The maximum absolute atomic E-state index is 11.6. The van der Waals surface area contributed by atoms with Crippen molar-refractivity contribution in [2.45, 2.75) is 24.9 Å². The number of carboxylic acid groups (broad SMARTS) is 1. The van der Waals surface area contributed by atoms with E-state index in [1.54, 1.807) is 12.3 Å². The van der Waals surface area contributed by atoms with Crippen molar-refractivity contribution < 1.29 is 23.8 Å². The molecule has 1 aliphatic rings. The lowest BCUT2D eigenvalue weighted by atomic mass is 10.0. The monoisotopic (exact) mass is 499 g/mol. The molecule has 34 heavy (non-hydrogen) atoms. The number of nitrogens with zero attached hydrogens (tertiary/aromatic N) is 2. The third-order valence-corrected chi connectivity index (χ3v) is 6.28. The van der Waals surface area contributed by atoms with Gasteiger partial charge in [-0.15, -0.1) is 0 Å². The summed E-state index contributed by atoms with van der Waals surface area (Å²) in [5.41, 5.74) is 1.37. The molecule has 1 fully saturated rings. The molecule has 2 aromatic heterocycles. The fraction of sp³-hybridized carbons (Fsp3) is 0.250. The number of thiocarbonyl (C=S) groups is 1. The number of nitrogens with one attached hydrogen (secondary N) is 1. The Bertz CT molecular complexity index is 1220. The number of hydrogen-bond donors (Lipinski definition) is 2. The van der Waals surface area contributed by atoms with E-state index in [0.717, 1.165) is 5.69 Å². The number of ether oxygens (including phenoxy) is 1. The second-order valence-corrected chi connectivity index (χ2v) is 8.50. The van der Waals surface area contributed by atoms with Gasteiger partial charge in [-0.2, -0.15) is 0 Å². The zero-order valence-electron chi connectivity index (χ0n) is 18.2. The molecule has 2 atom stereocenters. The van der Waals surface area contributed by atoms with Gasteiger partial charge < -0.3 is 24.5 Å². The molecule has 4 rings (SSSR count). The maximum atomic E-state index is 11.6. The van der Waals surface area contributed by atoms with Gasteiger partial charge in [-0.05, 0) is 61.1 Å². The Kier molecular flexibility index (Phi) is 7.14. The molecule has 1 aliphatic heterocycles. The lowest BCUT2D eigenvalue weighted by molar-refractivity contribution is -0.140. The molecule has 1 saturated heterocycles. The second kappa shape index (κ2) is 10.2. The molecule has 1 aromatic carbocycles. The fourth-order valence-electron chi connectivity index (χ4n) is 3.95. The van der Waals surface area contributed by atoms with E-state index >= 15 is 0 Å². The highest BCUT2D eigenvalue weighted by Gasteiger charge is 2.41. The topological polar surface area (TPSA) is 105 Å². The highest BCUT2D eigenvalue weighted by Crippen LogP contribution is 2.41. The van der Waals surface area contributed by atoms with Crippen LogP contribution < -0.4 is 5.32 Å². The molecule has 0 bridgehead atoms. The number of benzene rings is 1. The zero-order chi connectivity index (χ0) is 24.2. The van der Waals surface area contributed by atoms with Crippen LogP contribution in [-0.4, -0.2) is 45.7 Å². The van der Waals surface area contributed by atoms with Crippen LogP contribution >= 0.6 is 23.8 Å². The van der Waals surface area contributed by atoms with E-state index in [-0.39, 0.29) is 30.0 Å². The first kappa shape index (κ1) is 23.7. The molecule has 8 nitrogen and oxygen atoms in total. The maximum Gasteiger partial charge on any atom is 0.335 e. The van der Waals surface area contributed by atoms with Gasteiger partial charge in [0, 0.05) is 24.7 Å². The van der Waals surface area contributed by atoms with Crippen LogP contribution in [0.25, 0.3) is 11.3 Å². The summed E-state index contributed by atoms with van der Waals surface area (Å²) in [6, 6.07) is 13.0. The average Bonchev–Trinajstić information content (AvgIpc) is 3.44. The first-order valence-corrected chi connectivity index (χ1v) is 11.4. The van der Waals surface area contributed by atoms with Crippen LogP contribution in [0.3, 0.4) is 0 Å². The van der Waals surface area contributed by atoms with Crippen molar-refractivity contribution >= 4 is 40.9 Å². The summed E-state index contributed by atoms with van der Waals surface area (Å²) in [6.45, 7) is 0.500. The summed E-state index contributed by atoms with van der Waals surface area (Å²) in [7, 11) is 1.36. The van der Waals surface area contributed by atoms with E-state index < -0.39 is 5.97 Å². The molecule has 0 aliphatic carbocycles. The summed E-state index contributed by atoms with van der Waals surface area (Å²) in [5.74, 6) is -0.297. The largest absolute Gasteiger partial charge is 0.478 e. The van der Waals surface area contributed by atoms with Crippen molar-refractivity contribution in [2.24, 2.45) is 0 Å². The number of aromatic carboxylic acids is 1. The Morgan fingerprint density at radius 3 is 2.79 bits per heavy atom. The average molecular weight is 500 g/mol. The Labute approximate surface area is 206 Å². The normalized spacial score (nSPS) is 17.5. The van der Waals surface area contributed by atoms with Crippen molar-refractivity contribution in [1.82, 2.24) is 15.2 Å². The van der Waals surface area contributed by atoms with Crippen LogP contribution in [0.2, 0.25) is 5.02 Å². The molecule has 10 heteroatoms. The van der Waals surface area contributed by atoms with Gasteiger partial charge in [-0.25, -0.2) is 4.79 Å². The van der Waals surface area contributed by atoms with Crippen LogP contribution in [-0.2, 0) is 9.53 Å². The van der Waals surface area contributed by atoms with Crippen molar-refractivity contribution in [3.8, 4) is 11.3 Å². The van der Waals surface area contributed by atoms with Crippen LogP contribution in [0, 0.1) is 0 Å². The van der Waals surface area contributed by atoms with Crippen LogP contribution in [0.15, 0.2) is 59.1 Å². The van der Waals surface area contributed by atoms with Crippen LogP contribution in [0.5, 0.6) is 0 Å². The number of halogens is 1. The molecule has 0 spiro atoms. The summed E-state index contributed by atoms with van der Waals surface area (Å²) >= 11 is 12.0. The number of carboxylic acids is 1. The van der Waals surface area contributed by atoms with Gasteiger partial charge in [-0.3, -0.25) is 9.78 Å². The van der Waals surface area contributed by atoms with E-state index in [0.29, 0.717) is 40.2 Å². The number of rotatable bonds is 8. The molecule has 0 unspecified atom stereocenters. The van der Waals surface area contributed by atoms with E-state index in [1.165, 1.54) is 25.3 Å². The third kappa shape index (κ3) is 4.90. The highest BCUT2D eigenvalue weighted by molar-refractivity contribution is 7.80. The van der Waals surface area contributed by atoms with E-state index in [9.17, 15) is 14.7 Å². The number of carbonyl (C=O) groups is 2. The molecule has 2 N–H and O–H groups in total. The number of hydrogen-bond acceptors (Lipinski definition) is 6. The fourth-order valence-corrected chi connectivity index (χ4v) is 4.50. The molecule has 3 heterocycles. The number of aromatic nitrogens is 1. The molecule has 0 amide bonds. The van der Waals surface area contributed by atoms with Gasteiger partial charge in [0.2, 0.25) is 0 Å². The van der Waals surface area contributed by atoms with Crippen molar-refractivity contribution in [2.75, 3.05) is 13.7 Å². The minimum absolute atomic E-state index is 0.108. The summed E-state index contributed by atoms with van der Waals surface area (Å²) < 4.78 is 11.0. The predicted molar refractivity (Wildman–Crippen MR) is 130 cm³/mol. The summed E-state index contributed by atoms with van der Waals surface area (Å²) in [5, 5.41) is 13.6. The predicted octanol–water partition coefficient (Wildman–Crippen LogP) is 4.62. The molecule has 0 radical (unpaired) electrons. The van der Waals surface area contributed by atoms with Crippen molar-refractivity contribution in [3.63, 3.8) is 0 Å². The number of furan rings is 1. The van der Waals surface area contributed by atoms with Crippen LogP contribution in [0.1, 0.15) is 46.7 Å². The van der Waals surface area contributed by atoms with Crippen LogP contribution in [0.4, 0.5) is 0 Å².